The van der Waals surface area contributed by atoms with E-state index in [1.54, 1.807) is 6.92 Å². The molecule has 1 aliphatic rings. The number of hydrogen-bond acceptors (Lipinski definition) is 3. The Bertz CT molecular complexity index is 249. The lowest BCUT2D eigenvalue weighted by Crippen LogP contribution is -2.37. The predicted octanol–water partition coefficient (Wildman–Crippen LogP) is -0.351. The highest BCUT2D eigenvalue weighted by Gasteiger charge is 2.36. The maximum Gasteiger partial charge on any atom is 0.214 e. The highest BCUT2D eigenvalue weighted by atomic mass is 32.2. The van der Waals surface area contributed by atoms with Crippen LogP contribution in [0.3, 0.4) is 0 Å². The molecule has 0 saturated carbocycles. The molecule has 0 aromatic carbocycles. The summed E-state index contributed by atoms with van der Waals surface area (Å²) >= 11 is 0. The molecule has 12 heavy (non-hydrogen) atoms. The van der Waals surface area contributed by atoms with Gasteiger partial charge in [-0.15, -0.1) is 0 Å². The Morgan fingerprint density at radius 2 is 2.25 bits per heavy atom. The van der Waals surface area contributed by atoms with E-state index in [9.17, 15) is 8.42 Å². The van der Waals surface area contributed by atoms with Crippen LogP contribution in [-0.2, 0) is 10.0 Å². The Morgan fingerprint density at radius 3 is 2.58 bits per heavy atom. The topological polar surface area (TPSA) is 57.6 Å². The molecule has 0 aromatic rings. The van der Waals surface area contributed by atoms with E-state index in [-0.39, 0.29) is 24.3 Å². The highest BCUT2D eigenvalue weighted by molar-refractivity contribution is 7.89. The molecule has 72 valence electrons. The van der Waals surface area contributed by atoms with E-state index < -0.39 is 10.0 Å². The molecule has 2 atom stereocenters. The van der Waals surface area contributed by atoms with Crippen LogP contribution in [0.25, 0.3) is 0 Å². The molecule has 0 spiro atoms. The van der Waals surface area contributed by atoms with Gasteiger partial charge in [-0.1, -0.05) is 6.92 Å². The molecular weight excluding hydrogens is 178 g/mol. The zero-order valence-corrected chi connectivity index (χ0v) is 8.21. The van der Waals surface area contributed by atoms with Gasteiger partial charge in [-0.2, -0.15) is 4.31 Å². The van der Waals surface area contributed by atoms with Gasteiger partial charge in [0.1, 0.15) is 0 Å². The van der Waals surface area contributed by atoms with Gasteiger partial charge in [-0.05, 0) is 12.8 Å². The summed E-state index contributed by atoms with van der Waals surface area (Å²) in [5.41, 5.74) is 0. The first-order chi connectivity index (χ1) is 5.47. The third kappa shape index (κ3) is 1.78. The fraction of sp³-hybridized carbons (Fsp3) is 1.00. The van der Waals surface area contributed by atoms with Crippen LogP contribution in [0.5, 0.6) is 0 Å². The van der Waals surface area contributed by atoms with E-state index in [0.717, 1.165) is 0 Å². The van der Waals surface area contributed by atoms with Gasteiger partial charge in [-0.25, -0.2) is 8.42 Å². The van der Waals surface area contributed by atoms with Crippen molar-refractivity contribution in [2.24, 2.45) is 5.92 Å². The van der Waals surface area contributed by atoms with Crippen molar-refractivity contribution < 1.29 is 13.5 Å². The van der Waals surface area contributed by atoms with E-state index in [1.807, 2.05) is 6.92 Å². The summed E-state index contributed by atoms with van der Waals surface area (Å²) in [5.74, 6) is 0.404. The molecule has 0 bridgehead atoms. The van der Waals surface area contributed by atoms with Crippen molar-refractivity contribution in [2.75, 3.05) is 18.9 Å². The van der Waals surface area contributed by atoms with Crippen LogP contribution in [0.4, 0.5) is 0 Å². The first-order valence-electron chi connectivity index (χ1n) is 4.07. The Labute approximate surface area is 73.2 Å². The number of rotatable bonds is 2. The summed E-state index contributed by atoms with van der Waals surface area (Å²) < 4.78 is 24.2. The van der Waals surface area contributed by atoms with Gasteiger partial charge in [0, 0.05) is 12.6 Å². The Balaban J connectivity index is 2.79. The van der Waals surface area contributed by atoms with Gasteiger partial charge in [0.05, 0.1) is 12.4 Å². The van der Waals surface area contributed by atoms with Crippen molar-refractivity contribution in [3.8, 4) is 0 Å². The summed E-state index contributed by atoms with van der Waals surface area (Å²) in [6.45, 7) is 4.06. The zero-order valence-electron chi connectivity index (χ0n) is 7.40. The molecule has 1 saturated heterocycles. The first-order valence-corrected chi connectivity index (χ1v) is 5.68. The zero-order chi connectivity index (χ0) is 9.35. The van der Waals surface area contributed by atoms with Crippen LogP contribution in [0, 0.1) is 5.92 Å². The molecule has 0 aromatic heterocycles. The van der Waals surface area contributed by atoms with Gasteiger partial charge in [0.15, 0.2) is 0 Å². The van der Waals surface area contributed by atoms with Crippen LogP contribution in [0.1, 0.15) is 13.8 Å². The fourth-order valence-corrected chi connectivity index (χ4v) is 3.59. The van der Waals surface area contributed by atoms with Crippen molar-refractivity contribution in [2.45, 2.75) is 19.9 Å². The summed E-state index contributed by atoms with van der Waals surface area (Å²) in [7, 11) is -3.07. The van der Waals surface area contributed by atoms with Gasteiger partial charge in [-0.3, -0.25) is 0 Å². The molecule has 0 amide bonds. The van der Waals surface area contributed by atoms with E-state index in [4.69, 9.17) is 5.11 Å². The van der Waals surface area contributed by atoms with E-state index >= 15 is 0 Å². The quantitative estimate of drug-likeness (QED) is 0.652. The highest BCUT2D eigenvalue weighted by Crippen LogP contribution is 2.21. The third-order valence-electron chi connectivity index (χ3n) is 2.10. The van der Waals surface area contributed by atoms with E-state index in [2.05, 4.69) is 0 Å². The number of sulfonamides is 1. The average Bonchev–Trinajstić information content (AvgIpc) is 2.23. The second kappa shape index (κ2) is 3.32. The maximum atomic E-state index is 11.4. The van der Waals surface area contributed by atoms with E-state index in [0.29, 0.717) is 6.54 Å². The molecule has 1 heterocycles. The van der Waals surface area contributed by atoms with Crippen LogP contribution in [0.2, 0.25) is 0 Å². The minimum Gasteiger partial charge on any atom is -0.395 e. The smallest absolute Gasteiger partial charge is 0.214 e. The Kier molecular flexibility index (Phi) is 2.75. The van der Waals surface area contributed by atoms with Gasteiger partial charge in [0.25, 0.3) is 0 Å². The largest absolute Gasteiger partial charge is 0.395 e. The SMILES string of the molecule is CC1CN([C@@H](C)CO)S(=O)(=O)C1. The minimum absolute atomic E-state index is 0.105. The van der Waals surface area contributed by atoms with E-state index in [1.165, 1.54) is 4.31 Å². The second-order valence-corrected chi connectivity index (χ2v) is 5.45. The number of aliphatic hydroxyl groups is 1. The second-order valence-electron chi connectivity index (χ2n) is 3.49. The van der Waals surface area contributed by atoms with Crippen molar-refractivity contribution >= 4 is 10.0 Å². The molecule has 0 aliphatic carbocycles. The molecule has 1 fully saturated rings. The normalized spacial score (nSPS) is 32.1. The molecule has 1 rings (SSSR count). The Hall–Kier alpha value is -0.130. The summed E-state index contributed by atoms with van der Waals surface area (Å²) in [6.07, 6.45) is 0. The van der Waals surface area contributed by atoms with Crippen LogP contribution >= 0.6 is 0 Å². The number of hydrogen-bond donors (Lipinski definition) is 1. The molecule has 4 nitrogen and oxygen atoms in total. The standard InChI is InChI=1S/C7H15NO3S/c1-6-3-8(7(2)4-9)12(10,11)5-6/h6-7,9H,3-5H2,1-2H3/t6?,7-/m0/s1. The lowest BCUT2D eigenvalue weighted by molar-refractivity contribution is 0.199. The summed E-state index contributed by atoms with van der Waals surface area (Å²) in [6, 6.07) is -0.278. The predicted molar refractivity (Wildman–Crippen MR) is 46.2 cm³/mol. The Morgan fingerprint density at radius 1 is 1.67 bits per heavy atom. The monoisotopic (exact) mass is 193 g/mol. The third-order valence-corrected chi connectivity index (χ3v) is 4.31. The fourth-order valence-electron chi connectivity index (χ4n) is 1.47. The molecular formula is C7H15NO3S. The van der Waals surface area contributed by atoms with Gasteiger partial charge >= 0.3 is 0 Å². The van der Waals surface area contributed by atoms with Crippen molar-refractivity contribution in [3.63, 3.8) is 0 Å². The van der Waals surface area contributed by atoms with Crippen molar-refractivity contribution in [3.05, 3.63) is 0 Å². The summed E-state index contributed by atoms with van der Waals surface area (Å²) in [5, 5.41) is 8.81. The average molecular weight is 193 g/mol. The minimum atomic E-state index is -3.07. The van der Waals surface area contributed by atoms with Crippen molar-refractivity contribution in [1.29, 1.82) is 0 Å². The van der Waals surface area contributed by atoms with Gasteiger partial charge < -0.3 is 5.11 Å². The summed E-state index contributed by atoms with van der Waals surface area (Å²) in [4.78, 5) is 0. The molecule has 0 radical (unpaired) electrons. The molecule has 1 unspecified atom stereocenters. The van der Waals surface area contributed by atoms with Crippen LogP contribution < -0.4 is 0 Å². The molecule has 5 heteroatoms. The van der Waals surface area contributed by atoms with Crippen LogP contribution in [-0.4, -0.2) is 42.8 Å². The lowest BCUT2D eigenvalue weighted by atomic mass is 10.2. The number of nitrogens with zero attached hydrogens (tertiary/aromatic N) is 1. The maximum absolute atomic E-state index is 11.4. The van der Waals surface area contributed by atoms with Crippen molar-refractivity contribution in [1.82, 2.24) is 4.31 Å². The van der Waals surface area contributed by atoms with Gasteiger partial charge in [0.2, 0.25) is 10.0 Å². The number of aliphatic hydroxyl groups excluding tert-OH is 1. The van der Waals surface area contributed by atoms with Crippen LogP contribution in [0.15, 0.2) is 0 Å². The lowest BCUT2D eigenvalue weighted by Gasteiger charge is -2.20. The molecule has 1 N–H and O–H groups in total. The first kappa shape index (κ1) is 9.95. The molecule has 1 aliphatic heterocycles.